The Hall–Kier alpha value is -13.0. The zero-order valence-electron chi connectivity index (χ0n) is 65.8. The number of esters is 1. The zero-order chi connectivity index (χ0) is 85.9. The fourth-order valence-corrected chi connectivity index (χ4v) is 13.2. The first-order valence-electron chi connectivity index (χ1n) is 38.2. The number of anilines is 2. The highest BCUT2D eigenvalue weighted by atomic mass is 35.5. The number of imide groups is 1. The van der Waals surface area contributed by atoms with Crippen LogP contribution >= 0.6 is 11.6 Å². The second kappa shape index (κ2) is 43.7. The minimum absolute atomic E-state index is 0.00602. The van der Waals surface area contributed by atoms with Crippen LogP contribution in [0.15, 0.2) is 140 Å². The maximum absolute atomic E-state index is 15.4. The molecule has 2 aliphatic heterocycles. The molecular weight excluding hydrogens is 1550 g/mol. The number of rotatable bonds is 40. The van der Waals surface area contributed by atoms with Crippen LogP contribution < -0.4 is 85.9 Å². The predicted octanol–water partition coefficient (Wildman–Crippen LogP) is -0.112. The summed E-state index contributed by atoms with van der Waals surface area (Å²) in [6.45, 7) is 7.33. The number of amides is 17. The van der Waals surface area contributed by atoms with E-state index in [-0.39, 0.29) is 67.9 Å². The Balaban J connectivity index is 1.10. The lowest BCUT2D eigenvalue weighted by molar-refractivity contribution is -0.146. The number of likely N-dealkylation sites (tertiary alicyclic amines) is 1. The number of benzene rings is 5. The largest absolute Gasteiger partial charge is 0.462 e. The van der Waals surface area contributed by atoms with E-state index >= 15 is 9.59 Å². The number of fused-ring (bicyclic) bond motifs is 1. The van der Waals surface area contributed by atoms with Crippen LogP contribution in [0.1, 0.15) is 95.0 Å². The Morgan fingerprint density at radius 2 is 1.03 bits per heavy atom. The first-order chi connectivity index (χ1) is 56.2. The van der Waals surface area contributed by atoms with Crippen molar-refractivity contribution in [1.82, 2.24) is 73.7 Å². The topological polar surface area (TPSA) is 539 Å². The van der Waals surface area contributed by atoms with Crippen LogP contribution in [0.5, 0.6) is 0 Å². The van der Waals surface area contributed by atoms with E-state index in [2.05, 4.69) is 74.1 Å². The normalized spacial score (nSPS) is 16.0. The second-order valence-electron chi connectivity index (χ2n) is 29.3. The molecule has 2 saturated heterocycles. The molecule has 37 heteroatoms. The monoisotopic (exact) mass is 1650 g/mol. The molecular formula is C81H99ClN18O18. The van der Waals surface area contributed by atoms with E-state index in [1.807, 2.05) is 41.7 Å². The van der Waals surface area contributed by atoms with Gasteiger partial charge in [-0.2, -0.15) is 0 Å². The first kappa shape index (κ1) is 90.6. The summed E-state index contributed by atoms with van der Waals surface area (Å²) < 4.78 is 5.26. The molecule has 6 aromatic rings. The van der Waals surface area contributed by atoms with Gasteiger partial charge in [0.05, 0.1) is 25.7 Å². The summed E-state index contributed by atoms with van der Waals surface area (Å²) in [5.41, 5.74) is 13.4. The number of ether oxygens (including phenoxy) is 1. The van der Waals surface area contributed by atoms with Gasteiger partial charge < -0.3 is 95.3 Å². The van der Waals surface area contributed by atoms with Gasteiger partial charge in [0, 0.05) is 80.9 Å². The third-order valence-electron chi connectivity index (χ3n) is 19.0. The van der Waals surface area contributed by atoms with Gasteiger partial charge in [0.1, 0.15) is 66.5 Å². The molecule has 0 bridgehead atoms. The lowest BCUT2D eigenvalue weighted by Crippen LogP contribution is -2.62. The van der Waals surface area contributed by atoms with E-state index in [4.69, 9.17) is 27.8 Å². The van der Waals surface area contributed by atoms with Crippen molar-refractivity contribution in [2.75, 3.05) is 36.9 Å². The number of halogens is 1. The minimum Gasteiger partial charge on any atom is -0.462 e. The van der Waals surface area contributed by atoms with Crippen LogP contribution in [0.25, 0.3) is 10.8 Å². The van der Waals surface area contributed by atoms with Crippen molar-refractivity contribution in [3.8, 4) is 0 Å². The van der Waals surface area contributed by atoms with Gasteiger partial charge in [-0.15, -0.1) is 0 Å². The average Bonchev–Trinajstić information content (AvgIpc) is 1.56. The number of nitrogens with zero attached hydrogens (tertiary/aromatic N) is 2. The third-order valence-corrected chi connectivity index (χ3v) is 19.2. The third kappa shape index (κ3) is 28.2. The molecule has 0 unspecified atom stereocenters. The summed E-state index contributed by atoms with van der Waals surface area (Å²) in [6, 6.07) is 16.0. The van der Waals surface area contributed by atoms with Crippen LogP contribution in [0, 0.1) is 5.92 Å². The molecule has 2 fully saturated rings. The number of carbonyl (C=O) groups is 16. The number of primary amides is 2. The van der Waals surface area contributed by atoms with E-state index in [1.54, 1.807) is 70.2 Å². The number of carbonyl (C=O) groups excluding carboxylic acids is 16. The van der Waals surface area contributed by atoms with Crippen molar-refractivity contribution in [3.63, 3.8) is 0 Å². The Kier molecular flexibility index (Phi) is 33.5. The van der Waals surface area contributed by atoms with Gasteiger partial charge in [-0.05, 0) is 127 Å². The van der Waals surface area contributed by atoms with Gasteiger partial charge in [0.25, 0.3) is 0 Å². The maximum atomic E-state index is 15.4. The summed E-state index contributed by atoms with van der Waals surface area (Å²) in [6.07, 6.45) is 0.989. The lowest BCUT2D eigenvalue weighted by atomic mass is 9.99. The van der Waals surface area contributed by atoms with Crippen LogP contribution in [-0.2, 0) is 104 Å². The van der Waals surface area contributed by atoms with Crippen molar-refractivity contribution in [1.29, 1.82) is 0 Å². The van der Waals surface area contributed by atoms with Crippen molar-refractivity contribution < 1.29 is 86.6 Å². The summed E-state index contributed by atoms with van der Waals surface area (Å²) >= 11 is 6.26. The van der Waals surface area contributed by atoms with E-state index in [9.17, 15) is 72.2 Å². The molecule has 8 rings (SSSR count). The average molecular weight is 1650 g/mol. The van der Waals surface area contributed by atoms with Gasteiger partial charge in [-0.1, -0.05) is 110 Å². The first-order valence-corrected chi connectivity index (χ1v) is 38.6. The van der Waals surface area contributed by atoms with Gasteiger partial charge in [0.15, 0.2) is 0 Å². The van der Waals surface area contributed by atoms with Gasteiger partial charge in [-0.3, -0.25) is 77.4 Å². The number of aliphatic hydroxyl groups is 1. The Morgan fingerprint density at radius 1 is 0.551 bits per heavy atom. The fraction of sp³-hybridized carbons (Fsp3) is 0.395. The van der Waals surface area contributed by atoms with Gasteiger partial charge in [-0.25, -0.2) is 9.59 Å². The number of urea groups is 2. The molecule has 0 saturated carbocycles. The van der Waals surface area contributed by atoms with Crippen LogP contribution in [0.2, 0.25) is 5.02 Å². The highest BCUT2D eigenvalue weighted by Crippen LogP contribution is 2.23. The summed E-state index contributed by atoms with van der Waals surface area (Å²) in [5, 5.41) is 49.3. The van der Waals surface area contributed by atoms with E-state index in [1.165, 1.54) is 79.7 Å². The molecule has 19 N–H and O–H groups in total. The number of hydrogen-bond donors (Lipinski definition) is 17. The SMILES string of the molecule is CC(=O)N[C@H](Cc1ccc2ccccc2c1)C(=O)N[C@H](Cc1ccc(Cl)cc1)C(=O)N[C@@H](Cc1cccnc1)C(=O)N[C@@H](CO)C(=O)N[C@@H](Cc1ccc(NC(=O)[C@@H]2CC(=O)NC(=O)N2)cc1)C(=O)N[C@@H](Cc1ccc(NC(N)=O)cc1)C(=O)N[C@@H](CC(C)C)C(=O)N[C@@H](CNCC(=O)OC(C)C)C(=O)N1CCC[C@H]1C(=O)N[C@H](C)C(N)=O. The number of nitrogens with one attached hydrogen (secondary N) is 14. The molecule has 0 radical (unpaired) electrons. The fourth-order valence-electron chi connectivity index (χ4n) is 13.1. The van der Waals surface area contributed by atoms with Crippen LogP contribution in [-0.4, -0.2) is 209 Å². The molecule has 118 heavy (non-hydrogen) atoms. The summed E-state index contributed by atoms with van der Waals surface area (Å²) in [5.74, 6) is -12.5. The number of hydrogen-bond acceptors (Lipinski definition) is 20. The van der Waals surface area contributed by atoms with E-state index < -0.39 is 200 Å². The van der Waals surface area contributed by atoms with Crippen molar-refractivity contribution in [2.24, 2.45) is 17.4 Å². The number of pyridine rings is 1. The Labute approximate surface area is 684 Å². The molecule has 0 spiro atoms. The molecule has 1 aromatic heterocycles. The highest BCUT2D eigenvalue weighted by Gasteiger charge is 2.41. The van der Waals surface area contributed by atoms with Crippen molar-refractivity contribution in [2.45, 2.75) is 172 Å². The summed E-state index contributed by atoms with van der Waals surface area (Å²) in [4.78, 5) is 226. The highest BCUT2D eigenvalue weighted by molar-refractivity contribution is 6.30. The van der Waals surface area contributed by atoms with E-state index in [0.717, 1.165) is 10.8 Å². The second-order valence-corrected chi connectivity index (χ2v) is 29.8. The van der Waals surface area contributed by atoms with Crippen molar-refractivity contribution >= 4 is 129 Å². The molecule has 5 aromatic carbocycles. The molecule has 11 atom stereocenters. The van der Waals surface area contributed by atoms with Crippen LogP contribution in [0.3, 0.4) is 0 Å². The van der Waals surface area contributed by atoms with Gasteiger partial charge in [0.2, 0.25) is 76.8 Å². The molecule has 628 valence electrons. The number of aromatic nitrogens is 1. The minimum atomic E-state index is -1.95. The molecule has 17 amide bonds. The molecule has 3 heterocycles. The zero-order valence-corrected chi connectivity index (χ0v) is 66.5. The molecule has 36 nitrogen and oxygen atoms in total. The molecule has 0 aliphatic carbocycles. The predicted molar refractivity (Wildman–Crippen MR) is 431 cm³/mol. The summed E-state index contributed by atoms with van der Waals surface area (Å²) in [7, 11) is 0. The lowest BCUT2D eigenvalue weighted by Gasteiger charge is -2.31. The maximum Gasteiger partial charge on any atom is 0.322 e. The van der Waals surface area contributed by atoms with Crippen LogP contribution in [0.4, 0.5) is 21.0 Å². The van der Waals surface area contributed by atoms with Crippen molar-refractivity contribution in [3.05, 3.63) is 173 Å². The number of aliphatic hydroxyl groups excluding tert-OH is 1. The van der Waals surface area contributed by atoms with E-state index in [0.29, 0.717) is 33.7 Å². The molecule has 2 aliphatic rings. The quantitative estimate of drug-likeness (QED) is 0.0223. The Morgan fingerprint density at radius 3 is 1.54 bits per heavy atom. The van der Waals surface area contributed by atoms with Gasteiger partial charge >= 0.3 is 18.0 Å². The Bertz CT molecular complexity index is 4620. The standard InChI is InChI=1S/C81H99ClN18O18/c1-43(2)31-57(71(107)96-64(40-86-41-68(104)118-44(3)4)79(115)100-30-10-14-66(100)78(114)87-45(5)69(83)105)91-73(109)60(34-49-20-27-56(28-21-49)90-80(84)116)93-75(111)61(35-48-18-25-55(26-19-48)89-70(106)63-38-67(103)99-81(117)98-63)95-77(113)65(42-101)97-76(112)62(37-51-11-9-29-85-39-51)94-74(110)59(33-47-16-23-54(82)24-17-47)92-72(108)58(88-46(6)102)36-50-15-22-52-12-7-8-13-53(52)32-50/h7-9,11-13,15-29,32,39,43-45,57-66,86,101H,10,14,30-31,33-38,40-42H2,1-6H3,(H2,83,105)(H,87,114)(H,88,102)(H,89,106)(H,91,109)(H,92,108)(H,93,111)(H,94,110)(H,95,113)(H,96,107)(H,97,112)(H3,84,90,116)(H2,98,99,103,117)/t45-,57+,58-,59-,60+,61+,62+,63+,64+,65+,66+/m1/s1. The number of nitrogens with two attached hydrogens (primary N) is 2. The smallest absolute Gasteiger partial charge is 0.322 e.